The molecule has 0 bridgehead atoms. The Labute approximate surface area is 96.4 Å². The van der Waals surface area contributed by atoms with Gasteiger partial charge in [0.25, 0.3) is 0 Å². The summed E-state index contributed by atoms with van der Waals surface area (Å²) in [6, 6.07) is -0.356. The maximum atomic E-state index is 11.6. The van der Waals surface area contributed by atoms with Gasteiger partial charge in [-0.25, -0.2) is 0 Å². The van der Waals surface area contributed by atoms with Crippen LogP contribution in [-0.4, -0.2) is 29.6 Å². The predicted molar refractivity (Wildman–Crippen MR) is 61.9 cm³/mol. The molecular formula is C11H22N2O3. The maximum Gasteiger partial charge on any atom is 0.308 e. The molecule has 4 N–H and O–H groups in total. The van der Waals surface area contributed by atoms with Gasteiger partial charge in [0.05, 0.1) is 5.92 Å². The summed E-state index contributed by atoms with van der Waals surface area (Å²) in [5.41, 5.74) is 5.36. The number of hydrogen-bond acceptors (Lipinski definition) is 3. The molecule has 5 heteroatoms. The Hall–Kier alpha value is -1.10. The third-order valence-electron chi connectivity index (χ3n) is 2.80. The quantitative estimate of drug-likeness (QED) is 0.596. The summed E-state index contributed by atoms with van der Waals surface area (Å²) >= 11 is 0. The molecule has 16 heavy (non-hydrogen) atoms. The summed E-state index contributed by atoms with van der Waals surface area (Å²) in [5, 5.41) is 11.5. The van der Waals surface area contributed by atoms with Crippen LogP contribution in [0.4, 0.5) is 0 Å². The van der Waals surface area contributed by atoms with Crippen LogP contribution in [0, 0.1) is 11.8 Å². The van der Waals surface area contributed by atoms with E-state index in [1.807, 2.05) is 6.92 Å². The summed E-state index contributed by atoms with van der Waals surface area (Å²) in [6.07, 6.45) is 1.54. The van der Waals surface area contributed by atoms with Crippen LogP contribution in [0.5, 0.6) is 0 Å². The Bertz CT molecular complexity index is 243. The third kappa shape index (κ3) is 5.11. The van der Waals surface area contributed by atoms with E-state index in [1.54, 1.807) is 13.8 Å². The first-order chi connectivity index (χ1) is 7.40. The molecule has 0 saturated carbocycles. The van der Waals surface area contributed by atoms with Crippen LogP contribution in [0.3, 0.4) is 0 Å². The van der Waals surface area contributed by atoms with Gasteiger partial charge in [0.15, 0.2) is 0 Å². The predicted octanol–water partition coefficient (Wildman–Crippen LogP) is 0.587. The topological polar surface area (TPSA) is 92.4 Å². The molecule has 0 saturated heterocycles. The fourth-order valence-corrected chi connectivity index (χ4v) is 1.26. The van der Waals surface area contributed by atoms with Crippen LogP contribution < -0.4 is 11.1 Å². The van der Waals surface area contributed by atoms with Gasteiger partial charge >= 0.3 is 5.97 Å². The van der Waals surface area contributed by atoms with Crippen LogP contribution in [0.1, 0.15) is 33.6 Å². The third-order valence-corrected chi connectivity index (χ3v) is 2.80. The molecule has 0 aromatic heterocycles. The van der Waals surface area contributed by atoms with Crippen molar-refractivity contribution in [3.8, 4) is 0 Å². The molecular weight excluding hydrogens is 208 g/mol. The molecule has 0 rings (SSSR count). The number of aliphatic carboxylic acids is 1. The number of hydrogen-bond donors (Lipinski definition) is 3. The lowest BCUT2D eigenvalue weighted by Crippen LogP contribution is -2.42. The van der Waals surface area contributed by atoms with Gasteiger partial charge in [-0.15, -0.1) is 0 Å². The SMILES string of the molecule is CC(CCCN)C(=O)NC(C)C(C)C(=O)O. The minimum Gasteiger partial charge on any atom is -0.481 e. The Morgan fingerprint density at radius 1 is 1.31 bits per heavy atom. The van der Waals surface area contributed by atoms with Gasteiger partial charge in [-0.3, -0.25) is 9.59 Å². The first-order valence-corrected chi connectivity index (χ1v) is 5.63. The minimum atomic E-state index is -0.901. The number of nitrogens with two attached hydrogens (primary N) is 1. The molecule has 0 aliphatic rings. The fraction of sp³-hybridized carbons (Fsp3) is 0.818. The summed E-state index contributed by atoms with van der Waals surface area (Å²) in [5.74, 6) is -1.70. The number of amides is 1. The van der Waals surface area contributed by atoms with Gasteiger partial charge in [0.1, 0.15) is 0 Å². The molecule has 3 unspecified atom stereocenters. The normalized spacial score (nSPS) is 16.2. The van der Waals surface area contributed by atoms with Crippen molar-refractivity contribution in [3.63, 3.8) is 0 Å². The summed E-state index contributed by atoms with van der Waals surface area (Å²) < 4.78 is 0. The van der Waals surface area contributed by atoms with Gasteiger partial charge in [0.2, 0.25) is 5.91 Å². The Kier molecular flexibility index (Phi) is 6.72. The zero-order chi connectivity index (χ0) is 12.7. The molecule has 0 aromatic rings. The zero-order valence-electron chi connectivity index (χ0n) is 10.2. The first-order valence-electron chi connectivity index (χ1n) is 5.63. The molecule has 94 valence electrons. The fourth-order valence-electron chi connectivity index (χ4n) is 1.26. The van der Waals surface area contributed by atoms with Gasteiger partial charge in [0, 0.05) is 12.0 Å². The second-order valence-corrected chi connectivity index (χ2v) is 4.26. The van der Waals surface area contributed by atoms with Crippen LogP contribution in [0.2, 0.25) is 0 Å². The van der Waals surface area contributed by atoms with Crippen LogP contribution >= 0.6 is 0 Å². The number of carbonyl (C=O) groups excluding carboxylic acids is 1. The van der Waals surface area contributed by atoms with Crippen molar-refractivity contribution in [3.05, 3.63) is 0 Å². The molecule has 0 aromatic carbocycles. The van der Waals surface area contributed by atoms with Crippen molar-refractivity contribution in [1.29, 1.82) is 0 Å². The zero-order valence-corrected chi connectivity index (χ0v) is 10.2. The molecule has 0 spiro atoms. The van der Waals surface area contributed by atoms with Gasteiger partial charge < -0.3 is 16.2 Å². The van der Waals surface area contributed by atoms with Crippen LogP contribution in [0.15, 0.2) is 0 Å². The van der Waals surface area contributed by atoms with E-state index in [4.69, 9.17) is 10.8 Å². The van der Waals surface area contributed by atoms with Crippen molar-refractivity contribution in [1.82, 2.24) is 5.32 Å². The van der Waals surface area contributed by atoms with Crippen molar-refractivity contribution in [2.24, 2.45) is 17.6 Å². The lowest BCUT2D eigenvalue weighted by Gasteiger charge is -2.20. The van der Waals surface area contributed by atoms with E-state index in [9.17, 15) is 9.59 Å². The van der Waals surface area contributed by atoms with E-state index in [2.05, 4.69) is 5.32 Å². The van der Waals surface area contributed by atoms with Gasteiger partial charge in [-0.1, -0.05) is 6.92 Å². The van der Waals surface area contributed by atoms with E-state index in [1.165, 1.54) is 0 Å². The highest BCUT2D eigenvalue weighted by molar-refractivity contribution is 5.79. The average Bonchev–Trinajstić information content (AvgIpc) is 2.24. The lowest BCUT2D eigenvalue weighted by molar-refractivity contribution is -0.142. The van der Waals surface area contributed by atoms with Gasteiger partial charge in [-0.05, 0) is 33.2 Å². The second-order valence-electron chi connectivity index (χ2n) is 4.26. The van der Waals surface area contributed by atoms with E-state index in [-0.39, 0.29) is 17.9 Å². The van der Waals surface area contributed by atoms with E-state index >= 15 is 0 Å². The molecule has 0 aliphatic carbocycles. The Balaban J connectivity index is 4.07. The number of carboxylic acid groups (broad SMARTS) is 1. The monoisotopic (exact) mass is 230 g/mol. The summed E-state index contributed by atoms with van der Waals surface area (Å²) in [6.45, 7) is 5.67. The Morgan fingerprint density at radius 2 is 1.88 bits per heavy atom. The molecule has 0 radical (unpaired) electrons. The highest BCUT2D eigenvalue weighted by Gasteiger charge is 2.22. The van der Waals surface area contributed by atoms with E-state index < -0.39 is 11.9 Å². The maximum absolute atomic E-state index is 11.6. The summed E-state index contributed by atoms with van der Waals surface area (Å²) in [7, 11) is 0. The summed E-state index contributed by atoms with van der Waals surface area (Å²) in [4.78, 5) is 22.3. The lowest BCUT2D eigenvalue weighted by atomic mass is 10.0. The van der Waals surface area contributed by atoms with E-state index in [0.29, 0.717) is 6.54 Å². The van der Waals surface area contributed by atoms with Crippen LogP contribution in [-0.2, 0) is 9.59 Å². The van der Waals surface area contributed by atoms with Gasteiger partial charge in [-0.2, -0.15) is 0 Å². The van der Waals surface area contributed by atoms with Crippen molar-refractivity contribution < 1.29 is 14.7 Å². The van der Waals surface area contributed by atoms with Crippen molar-refractivity contribution in [2.45, 2.75) is 39.7 Å². The average molecular weight is 230 g/mol. The second kappa shape index (κ2) is 7.22. The molecule has 0 fully saturated rings. The minimum absolute atomic E-state index is 0.103. The number of rotatable bonds is 7. The number of nitrogens with one attached hydrogen (secondary N) is 1. The first kappa shape index (κ1) is 14.9. The number of carboxylic acids is 1. The molecule has 0 aliphatic heterocycles. The van der Waals surface area contributed by atoms with Crippen LogP contribution in [0.25, 0.3) is 0 Å². The molecule has 5 nitrogen and oxygen atoms in total. The number of carbonyl (C=O) groups is 2. The largest absolute Gasteiger partial charge is 0.481 e. The highest BCUT2D eigenvalue weighted by atomic mass is 16.4. The van der Waals surface area contributed by atoms with Crippen molar-refractivity contribution in [2.75, 3.05) is 6.54 Å². The van der Waals surface area contributed by atoms with Crippen molar-refractivity contribution >= 4 is 11.9 Å². The molecule has 0 heterocycles. The Morgan fingerprint density at radius 3 is 2.31 bits per heavy atom. The standard InChI is InChI=1S/C11H22N2O3/c1-7(5-4-6-12)10(14)13-9(3)8(2)11(15)16/h7-9H,4-6,12H2,1-3H3,(H,13,14)(H,15,16). The smallest absolute Gasteiger partial charge is 0.308 e. The van der Waals surface area contributed by atoms with E-state index in [0.717, 1.165) is 12.8 Å². The highest BCUT2D eigenvalue weighted by Crippen LogP contribution is 2.08. The molecule has 1 amide bonds. The molecule has 3 atom stereocenters.